The van der Waals surface area contributed by atoms with E-state index in [1.807, 2.05) is 36.4 Å². The number of fused-ring (bicyclic) bond motifs is 3. The van der Waals surface area contributed by atoms with Crippen molar-refractivity contribution in [3.63, 3.8) is 0 Å². The van der Waals surface area contributed by atoms with E-state index in [4.69, 9.17) is 19.5 Å². The Hall–Kier alpha value is -8.25. The van der Waals surface area contributed by atoms with Crippen LogP contribution in [0.2, 0.25) is 0 Å². The van der Waals surface area contributed by atoms with Crippen LogP contribution in [0, 0.1) is 17.9 Å². The molecule has 0 amide bonds. The molecule has 12 rings (SSSR count). The van der Waals surface area contributed by atoms with Gasteiger partial charge in [0.05, 0.1) is 39.0 Å². The molecule has 7 aromatic carbocycles. The maximum Gasteiger partial charge on any atom is 0.327 e. The summed E-state index contributed by atoms with van der Waals surface area (Å²) in [6, 6.07) is 70.8. The van der Waals surface area contributed by atoms with Gasteiger partial charge in [0.2, 0.25) is 5.70 Å². The van der Waals surface area contributed by atoms with E-state index in [0.29, 0.717) is 27.9 Å². The van der Waals surface area contributed by atoms with Crippen molar-refractivity contribution >= 4 is 101 Å². The fourth-order valence-corrected chi connectivity index (χ4v) is 14.0. The summed E-state index contributed by atoms with van der Waals surface area (Å²) in [4.78, 5) is 17.8. The van der Waals surface area contributed by atoms with E-state index in [-0.39, 0.29) is 12.8 Å². The van der Waals surface area contributed by atoms with Gasteiger partial charge in [0.15, 0.2) is 0 Å². The molecule has 11 aromatic rings. The SMILES string of the molecule is [C-]#[N+]/C(c1nc2ccccc2s1)=c1\c2c(C3CCCCC3)n(B(c3ccccc3)c3ccccc3)/c(=C(/C#N)c3nc4ccccc4s3)c2c(-c2ccc(OCCCN(CC)CC)cc2)n1B(c1ccccc1)c1ccccc1. The Bertz CT molecular complexity index is 3890. The summed E-state index contributed by atoms with van der Waals surface area (Å²) in [5.74, 6) is 0.857. The van der Waals surface area contributed by atoms with Crippen molar-refractivity contribution in [2.75, 3.05) is 26.2 Å². The van der Waals surface area contributed by atoms with Crippen LogP contribution in [-0.2, 0) is 0 Å². The zero-order chi connectivity index (χ0) is 53.7. The minimum atomic E-state index is -0.436. The minimum absolute atomic E-state index is 0.0686. The Morgan fingerprint density at radius 3 is 1.62 bits per heavy atom. The maximum absolute atomic E-state index is 12.3. The van der Waals surface area contributed by atoms with Crippen LogP contribution in [0.4, 0.5) is 0 Å². The van der Waals surface area contributed by atoms with Crippen LogP contribution in [0.3, 0.4) is 0 Å². The van der Waals surface area contributed by atoms with Crippen LogP contribution in [0.1, 0.15) is 74.0 Å². The lowest BCUT2D eigenvalue weighted by Crippen LogP contribution is -2.55. The quantitative estimate of drug-likeness (QED) is 0.0516. The van der Waals surface area contributed by atoms with Gasteiger partial charge in [-0.1, -0.05) is 201 Å². The number of nitrogens with zero attached hydrogens (tertiary/aromatic N) is 7. The highest BCUT2D eigenvalue weighted by molar-refractivity contribution is 7.20. The van der Waals surface area contributed by atoms with E-state index in [9.17, 15) is 11.8 Å². The van der Waals surface area contributed by atoms with Crippen LogP contribution >= 0.6 is 22.7 Å². The van der Waals surface area contributed by atoms with Gasteiger partial charge in [-0.25, -0.2) is 14.8 Å². The molecule has 4 heterocycles. The molecule has 0 spiro atoms. The first-order chi connectivity index (χ1) is 39.1. The largest absolute Gasteiger partial charge is 0.494 e. The molecule has 0 unspecified atom stereocenters. The minimum Gasteiger partial charge on any atom is -0.494 e. The van der Waals surface area contributed by atoms with Crippen molar-refractivity contribution in [3.8, 4) is 23.1 Å². The molecule has 0 aliphatic heterocycles. The van der Waals surface area contributed by atoms with E-state index in [0.717, 1.165) is 145 Å². The summed E-state index contributed by atoms with van der Waals surface area (Å²) in [6.45, 7) is 16.8. The highest BCUT2D eigenvalue weighted by Gasteiger charge is 2.39. The third kappa shape index (κ3) is 10.0. The topological polar surface area (TPSA) is 76.3 Å². The van der Waals surface area contributed by atoms with Crippen molar-refractivity contribution < 1.29 is 4.74 Å². The van der Waals surface area contributed by atoms with Crippen molar-refractivity contribution in [2.45, 2.75) is 58.3 Å². The molecule has 12 heteroatoms. The molecule has 0 radical (unpaired) electrons. The molecular formula is C67H59B2N7OS2. The number of nitriles is 1. The van der Waals surface area contributed by atoms with Gasteiger partial charge in [-0.15, -0.1) is 22.7 Å². The van der Waals surface area contributed by atoms with Crippen LogP contribution in [0.15, 0.2) is 194 Å². The Morgan fingerprint density at radius 1 is 0.620 bits per heavy atom. The number of aromatic nitrogens is 4. The zero-order valence-corrected chi connectivity index (χ0v) is 46.3. The predicted molar refractivity (Wildman–Crippen MR) is 331 cm³/mol. The lowest BCUT2D eigenvalue weighted by molar-refractivity contribution is 0.249. The average molecular weight is 1060 g/mol. The van der Waals surface area contributed by atoms with E-state index in [2.05, 4.69) is 191 Å². The van der Waals surface area contributed by atoms with E-state index >= 15 is 0 Å². The molecule has 386 valence electrons. The van der Waals surface area contributed by atoms with E-state index in [1.165, 1.54) is 0 Å². The maximum atomic E-state index is 12.3. The molecule has 4 aromatic heterocycles. The lowest BCUT2D eigenvalue weighted by Gasteiger charge is -2.29. The molecule has 1 fully saturated rings. The van der Waals surface area contributed by atoms with Crippen LogP contribution in [0.5, 0.6) is 5.75 Å². The number of hydrogen-bond acceptors (Lipinski definition) is 7. The highest BCUT2D eigenvalue weighted by atomic mass is 32.1. The third-order valence-corrected chi connectivity index (χ3v) is 17.9. The molecule has 0 atom stereocenters. The van der Waals surface area contributed by atoms with Gasteiger partial charge in [-0.3, -0.25) is 0 Å². The fraction of sp³-hybridized carbons (Fsp3) is 0.194. The molecule has 1 aliphatic rings. The van der Waals surface area contributed by atoms with Gasteiger partial charge in [0, 0.05) is 34.1 Å². The first kappa shape index (κ1) is 51.5. The van der Waals surface area contributed by atoms with Gasteiger partial charge in [0.1, 0.15) is 27.4 Å². The number of rotatable bonds is 17. The van der Waals surface area contributed by atoms with Gasteiger partial charge >= 0.3 is 13.7 Å². The Balaban J connectivity index is 1.34. The average Bonchev–Trinajstić information content (AvgIpc) is 3.35. The zero-order valence-electron chi connectivity index (χ0n) is 44.6. The van der Waals surface area contributed by atoms with Gasteiger partial charge in [0.25, 0.3) is 0 Å². The Morgan fingerprint density at radius 2 is 1.11 bits per heavy atom. The molecule has 0 saturated heterocycles. The second kappa shape index (κ2) is 23.4. The van der Waals surface area contributed by atoms with E-state index in [1.54, 1.807) is 22.7 Å². The summed E-state index contributed by atoms with van der Waals surface area (Å²) in [6.07, 6.45) is 6.09. The number of hydrogen-bond donors (Lipinski definition) is 0. The first-order valence-corrected chi connectivity index (χ1v) is 29.4. The van der Waals surface area contributed by atoms with Crippen LogP contribution in [0.25, 0.3) is 58.6 Å². The standard InChI is InChI=1S/C67H59B2N7OS2/c1-4-74(5-2)44-25-45-77-53-42-40-48(41-43-53)63-59-60(65(61(71-3)67-73-56-37-22-24-39-58(56)79-67)76(63)69(51-32-17-9-18-33-51)52-34-19-10-20-35-52)62(47-26-11-6-12-27-47)75(68(49-28-13-7-14-29-49)50-30-15-8-16-31-50)64(59)54(46-70)66-72-55-36-21-23-38-57(55)78-66/h7-10,13-24,28-43,47H,4-6,11-12,25-27,44-45H2,1-2H3/b64-54-,65-61+. The second-order valence-electron chi connectivity index (χ2n) is 20.4. The van der Waals surface area contributed by atoms with Crippen molar-refractivity contribution in [1.82, 2.24) is 23.8 Å². The highest BCUT2D eigenvalue weighted by Crippen LogP contribution is 2.41. The number of thiazole rings is 2. The predicted octanol–water partition coefficient (Wildman–Crippen LogP) is 11.6. The number of ether oxygens (including phenoxy) is 1. The third-order valence-electron chi connectivity index (χ3n) is 15.8. The van der Waals surface area contributed by atoms with Crippen molar-refractivity contribution in [2.24, 2.45) is 0 Å². The van der Waals surface area contributed by atoms with Gasteiger partial charge < -0.3 is 18.6 Å². The molecule has 0 bridgehead atoms. The van der Waals surface area contributed by atoms with Crippen molar-refractivity contribution in [1.29, 1.82) is 5.26 Å². The summed E-state index contributed by atoms with van der Waals surface area (Å²) in [7, 11) is 0. The molecule has 1 saturated carbocycles. The molecule has 0 N–H and O–H groups in total. The molecular weight excluding hydrogens is 1000 g/mol. The Kier molecular flexibility index (Phi) is 15.2. The number of para-hydroxylation sites is 2. The fourth-order valence-electron chi connectivity index (χ4n) is 12.1. The normalized spacial score (nSPS) is 13.6. The monoisotopic (exact) mass is 1060 g/mol. The van der Waals surface area contributed by atoms with E-state index < -0.39 is 6.85 Å². The first-order valence-electron chi connectivity index (χ1n) is 27.8. The van der Waals surface area contributed by atoms with Gasteiger partial charge in [-0.05, 0) is 92.4 Å². The smallest absolute Gasteiger partial charge is 0.327 e. The summed E-state index contributed by atoms with van der Waals surface area (Å²) in [5.41, 5.74) is 9.93. The molecule has 1 aliphatic carbocycles. The second-order valence-corrected chi connectivity index (χ2v) is 22.4. The molecule has 8 nitrogen and oxygen atoms in total. The lowest BCUT2D eigenvalue weighted by atomic mass is 9.49. The Labute approximate surface area is 471 Å². The van der Waals surface area contributed by atoms with Crippen LogP contribution in [-0.4, -0.2) is 63.8 Å². The summed E-state index contributed by atoms with van der Waals surface area (Å²) < 4.78 is 13.6. The molecule has 79 heavy (non-hydrogen) atoms. The summed E-state index contributed by atoms with van der Waals surface area (Å²) in [5, 5.41) is 17.0. The van der Waals surface area contributed by atoms with Crippen molar-refractivity contribution in [3.05, 3.63) is 232 Å². The number of benzene rings is 7. The summed E-state index contributed by atoms with van der Waals surface area (Å²) >= 11 is 3.12. The van der Waals surface area contributed by atoms with Crippen LogP contribution < -0.4 is 37.3 Å². The van der Waals surface area contributed by atoms with Gasteiger partial charge in [-0.2, -0.15) is 5.26 Å².